The average Bonchev–Trinajstić information content (AvgIpc) is 3.09. The van der Waals surface area contributed by atoms with Crippen molar-refractivity contribution in [2.45, 2.75) is 31.8 Å². The van der Waals surface area contributed by atoms with Gasteiger partial charge in [0.05, 0.1) is 17.6 Å². The van der Waals surface area contributed by atoms with Crippen LogP contribution in [0.5, 0.6) is 0 Å². The molecule has 0 radical (unpaired) electrons. The van der Waals surface area contributed by atoms with Crippen LogP contribution >= 0.6 is 0 Å². The van der Waals surface area contributed by atoms with E-state index in [0.717, 1.165) is 24.8 Å². The van der Waals surface area contributed by atoms with Gasteiger partial charge in [-0.05, 0) is 44.5 Å². The second-order valence-electron chi connectivity index (χ2n) is 5.34. The molecule has 2 fully saturated rings. The zero-order valence-electron chi connectivity index (χ0n) is 10.9. The topological polar surface area (TPSA) is 45.4 Å². The van der Waals surface area contributed by atoms with Gasteiger partial charge in [-0.15, -0.1) is 0 Å². The van der Waals surface area contributed by atoms with Crippen molar-refractivity contribution in [1.29, 1.82) is 0 Å². The Kier molecular flexibility index (Phi) is 3.48. The lowest BCUT2D eigenvalue weighted by molar-refractivity contribution is 0.260. The third-order valence-corrected chi connectivity index (χ3v) is 4.20. The molecule has 0 spiro atoms. The number of nitrogens with two attached hydrogens (primary N) is 1. The monoisotopic (exact) mass is 246 g/mol. The van der Waals surface area contributed by atoms with Gasteiger partial charge < -0.3 is 10.6 Å². The third-order valence-electron chi connectivity index (χ3n) is 4.20. The van der Waals surface area contributed by atoms with Crippen LogP contribution in [0.1, 0.15) is 25.0 Å². The Hall–Kier alpha value is -1.13. The maximum absolute atomic E-state index is 5.58. The first kappa shape index (κ1) is 11.9. The van der Waals surface area contributed by atoms with Crippen molar-refractivity contribution >= 4 is 5.69 Å². The molecule has 18 heavy (non-hydrogen) atoms. The molecule has 98 valence electrons. The molecule has 0 aliphatic carbocycles. The highest BCUT2D eigenvalue weighted by Crippen LogP contribution is 2.24. The summed E-state index contributed by atoms with van der Waals surface area (Å²) in [6.07, 6.45) is 6.01. The fourth-order valence-electron chi connectivity index (χ4n) is 3.11. The first-order valence-corrected chi connectivity index (χ1v) is 7.01. The molecule has 1 unspecified atom stereocenters. The Labute approximate surface area is 109 Å². The van der Waals surface area contributed by atoms with Gasteiger partial charge >= 0.3 is 0 Å². The van der Waals surface area contributed by atoms with Crippen LogP contribution in [0, 0.1) is 0 Å². The van der Waals surface area contributed by atoms with Crippen LogP contribution in [0.15, 0.2) is 18.3 Å². The molecule has 3 rings (SSSR count). The molecule has 0 bridgehead atoms. The van der Waals surface area contributed by atoms with E-state index in [1.54, 1.807) is 0 Å². The molecule has 1 aromatic rings. The molecule has 2 aliphatic rings. The van der Waals surface area contributed by atoms with E-state index in [4.69, 9.17) is 5.73 Å². The van der Waals surface area contributed by atoms with Crippen LogP contribution in [-0.4, -0.2) is 42.1 Å². The third kappa shape index (κ3) is 2.35. The van der Waals surface area contributed by atoms with E-state index in [1.165, 1.54) is 38.0 Å². The number of likely N-dealkylation sites (tertiary alicyclic amines) is 1. The maximum atomic E-state index is 5.58. The van der Waals surface area contributed by atoms with Gasteiger partial charge in [0.2, 0.25) is 0 Å². The summed E-state index contributed by atoms with van der Waals surface area (Å²) in [4.78, 5) is 9.49. The predicted octanol–water partition coefficient (Wildman–Crippen LogP) is 1.21. The van der Waals surface area contributed by atoms with Gasteiger partial charge in [0, 0.05) is 25.7 Å². The highest BCUT2D eigenvalue weighted by Gasteiger charge is 2.29. The molecule has 2 aliphatic heterocycles. The fraction of sp³-hybridized carbons (Fsp3) is 0.643. The second-order valence-corrected chi connectivity index (χ2v) is 5.34. The van der Waals surface area contributed by atoms with Gasteiger partial charge in [-0.2, -0.15) is 0 Å². The lowest BCUT2D eigenvalue weighted by atomic mass is 10.2. The molecule has 4 nitrogen and oxygen atoms in total. The number of aromatic nitrogens is 1. The number of pyridine rings is 1. The summed E-state index contributed by atoms with van der Waals surface area (Å²) < 4.78 is 0. The zero-order valence-corrected chi connectivity index (χ0v) is 10.9. The van der Waals surface area contributed by atoms with E-state index < -0.39 is 0 Å². The zero-order chi connectivity index (χ0) is 12.4. The quantitative estimate of drug-likeness (QED) is 0.871. The highest BCUT2D eigenvalue weighted by atomic mass is 15.3. The summed E-state index contributed by atoms with van der Waals surface area (Å²) in [6.45, 7) is 5.43. The number of hydrogen-bond donors (Lipinski definition) is 1. The number of anilines is 1. The smallest absolute Gasteiger partial charge is 0.0553 e. The lowest BCUT2D eigenvalue weighted by Crippen LogP contribution is -2.35. The Balaban J connectivity index is 1.63. The van der Waals surface area contributed by atoms with Gasteiger partial charge in [0.15, 0.2) is 0 Å². The molecule has 0 amide bonds. The Bertz CT molecular complexity index is 383. The molecule has 0 saturated carbocycles. The van der Waals surface area contributed by atoms with E-state index in [1.807, 2.05) is 12.3 Å². The van der Waals surface area contributed by atoms with Crippen molar-refractivity contribution in [2.75, 3.05) is 31.1 Å². The first-order chi connectivity index (χ1) is 8.86. The fourth-order valence-corrected chi connectivity index (χ4v) is 3.11. The van der Waals surface area contributed by atoms with Crippen LogP contribution in [0.2, 0.25) is 0 Å². The van der Waals surface area contributed by atoms with Gasteiger partial charge in [0.1, 0.15) is 0 Å². The van der Waals surface area contributed by atoms with Gasteiger partial charge in [0.25, 0.3) is 0 Å². The van der Waals surface area contributed by atoms with Crippen LogP contribution < -0.4 is 10.6 Å². The minimum absolute atomic E-state index is 0.524. The van der Waals surface area contributed by atoms with Crippen molar-refractivity contribution < 1.29 is 0 Å². The van der Waals surface area contributed by atoms with E-state index in [0.29, 0.717) is 6.54 Å². The summed E-state index contributed by atoms with van der Waals surface area (Å²) in [6, 6.07) is 4.95. The van der Waals surface area contributed by atoms with Gasteiger partial charge in [-0.25, -0.2) is 0 Å². The first-order valence-electron chi connectivity index (χ1n) is 7.01. The van der Waals surface area contributed by atoms with E-state index >= 15 is 0 Å². The van der Waals surface area contributed by atoms with Crippen molar-refractivity contribution in [3.05, 3.63) is 24.0 Å². The van der Waals surface area contributed by atoms with Crippen molar-refractivity contribution in [2.24, 2.45) is 5.73 Å². The number of hydrogen-bond acceptors (Lipinski definition) is 4. The Morgan fingerprint density at radius 2 is 2.06 bits per heavy atom. The van der Waals surface area contributed by atoms with E-state index in [2.05, 4.69) is 20.9 Å². The molecular formula is C14H22N4. The SMILES string of the molecule is NCc1ccc(N2CCC(N3CCCC3)C2)cn1. The number of nitrogens with zero attached hydrogens (tertiary/aromatic N) is 3. The van der Waals surface area contributed by atoms with Gasteiger partial charge in [-0.1, -0.05) is 0 Å². The van der Waals surface area contributed by atoms with Crippen LogP contribution in [0.3, 0.4) is 0 Å². The average molecular weight is 246 g/mol. The normalized spacial score (nSPS) is 24.9. The van der Waals surface area contributed by atoms with Crippen LogP contribution in [0.25, 0.3) is 0 Å². The Morgan fingerprint density at radius 1 is 1.22 bits per heavy atom. The van der Waals surface area contributed by atoms with Crippen LogP contribution in [0.4, 0.5) is 5.69 Å². The summed E-state index contributed by atoms with van der Waals surface area (Å²) in [5.74, 6) is 0. The largest absolute Gasteiger partial charge is 0.369 e. The van der Waals surface area contributed by atoms with Crippen molar-refractivity contribution in [3.63, 3.8) is 0 Å². The minimum atomic E-state index is 0.524. The summed E-state index contributed by atoms with van der Waals surface area (Å²) in [7, 11) is 0. The summed E-state index contributed by atoms with van der Waals surface area (Å²) in [5, 5.41) is 0. The van der Waals surface area contributed by atoms with Crippen molar-refractivity contribution in [3.8, 4) is 0 Å². The van der Waals surface area contributed by atoms with Crippen molar-refractivity contribution in [1.82, 2.24) is 9.88 Å². The number of rotatable bonds is 3. The van der Waals surface area contributed by atoms with E-state index in [-0.39, 0.29) is 0 Å². The maximum Gasteiger partial charge on any atom is 0.0553 e. The predicted molar refractivity (Wildman–Crippen MR) is 73.6 cm³/mol. The molecule has 0 aromatic carbocycles. The van der Waals surface area contributed by atoms with Crippen LogP contribution in [-0.2, 0) is 6.54 Å². The summed E-state index contributed by atoms with van der Waals surface area (Å²) in [5.41, 5.74) is 7.79. The highest BCUT2D eigenvalue weighted by molar-refractivity contribution is 5.46. The van der Waals surface area contributed by atoms with Gasteiger partial charge in [-0.3, -0.25) is 9.88 Å². The summed E-state index contributed by atoms with van der Waals surface area (Å²) >= 11 is 0. The minimum Gasteiger partial charge on any atom is -0.369 e. The molecular weight excluding hydrogens is 224 g/mol. The molecule has 1 aromatic heterocycles. The molecule has 4 heteroatoms. The standard InChI is InChI=1S/C14H22N4/c15-9-12-3-4-13(10-16-12)18-8-5-14(11-18)17-6-1-2-7-17/h3-4,10,14H,1-2,5-9,11,15H2. The molecule has 1 atom stereocenters. The lowest BCUT2D eigenvalue weighted by Gasteiger charge is -2.24. The Morgan fingerprint density at radius 3 is 2.72 bits per heavy atom. The molecule has 2 N–H and O–H groups in total. The van der Waals surface area contributed by atoms with E-state index in [9.17, 15) is 0 Å². The molecule has 2 saturated heterocycles. The molecule has 3 heterocycles. The second kappa shape index (κ2) is 5.24.